The van der Waals surface area contributed by atoms with Crippen LogP contribution in [-0.2, 0) is 4.79 Å². The van der Waals surface area contributed by atoms with Crippen molar-refractivity contribution in [2.24, 2.45) is 5.92 Å². The maximum absolute atomic E-state index is 12.9. The van der Waals surface area contributed by atoms with E-state index in [2.05, 4.69) is 41.8 Å². The number of carboxylic acids is 1. The molecule has 2 atom stereocenters. The second-order valence-electron chi connectivity index (χ2n) is 9.47. The van der Waals surface area contributed by atoms with E-state index < -0.39 is 17.9 Å². The number of nitrogens with zero attached hydrogens (tertiary/aromatic N) is 2. The number of benzene rings is 1. The third-order valence-electron chi connectivity index (χ3n) is 6.92. The standard InChI is InChI=1S/C27H34N4O3/c1-4-18(3)23(27(33)34)30-26(32)20-14-15-31-22(16-20)29-24(19-12-10-17(2)11-13-19)25(31)28-21-8-6-5-7-9-21/h10-16,18,21,23,28H,4-9H2,1-3H3,(H,30,32)(H,33,34). The molecule has 0 bridgehead atoms. The van der Waals surface area contributed by atoms with E-state index in [1.807, 2.05) is 24.4 Å². The lowest BCUT2D eigenvalue weighted by Crippen LogP contribution is -2.45. The van der Waals surface area contributed by atoms with Gasteiger partial charge in [0.2, 0.25) is 0 Å². The normalized spacial score (nSPS) is 16.2. The molecular weight excluding hydrogens is 428 g/mol. The molecule has 3 N–H and O–H groups in total. The maximum atomic E-state index is 12.9. The fourth-order valence-electron chi connectivity index (χ4n) is 4.58. The largest absolute Gasteiger partial charge is 0.480 e. The average Bonchev–Trinajstić information content (AvgIpc) is 3.20. The fraction of sp³-hybridized carbons (Fsp3) is 0.444. The molecule has 0 aliphatic heterocycles. The molecule has 4 rings (SSSR count). The number of aromatic nitrogens is 2. The third kappa shape index (κ3) is 5.08. The molecule has 2 heterocycles. The molecule has 3 aromatic rings. The molecular formula is C27H34N4O3. The predicted octanol–water partition coefficient (Wildman–Crippen LogP) is 5.28. The Bertz CT molecular complexity index is 1160. The van der Waals surface area contributed by atoms with E-state index in [4.69, 9.17) is 4.98 Å². The number of nitrogens with one attached hydrogen (secondary N) is 2. The van der Waals surface area contributed by atoms with Crippen LogP contribution in [0.5, 0.6) is 0 Å². The summed E-state index contributed by atoms with van der Waals surface area (Å²) in [5, 5.41) is 16.0. The summed E-state index contributed by atoms with van der Waals surface area (Å²) in [6.07, 6.45) is 8.49. The van der Waals surface area contributed by atoms with Crippen molar-refractivity contribution in [2.45, 2.75) is 71.4 Å². The Morgan fingerprint density at radius 1 is 1.15 bits per heavy atom. The Balaban J connectivity index is 1.70. The number of imidazole rings is 1. The molecule has 7 heteroatoms. The van der Waals surface area contributed by atoms with Gasteiger partial charge >= 0.3 is 5.97 Å². The third-order valence-corrected chi connectivity index (χ3v) is 6.92. The molecule has 34 heavy (non-hydrogen) atoms. The van der Waals surface area contributed by atoms with Crippen LogP contribution in [0.25, 0.3) is 16.9 Å². The van der Waals surface area contributed by atoms with Gasteiger partial charge in [-0.3, -0.25) is 9.20 Å². The molecule has 2 unspecified atom stereocenters. The molecule has 0 saturated heterocycles. The van der Waals surface area contributed by atoms with Crippen LogP contribution in [0.2, 0.25) is 0 Å². The van der Waals surface area contributed by atoms with Crippen LogP contribution in [0, 0.1) is 12.8 Å². The number of hydrogen-bond acceptors (Lipinski definition) is 4. The molecule has 2 aromatic heterocycles. The van der Waals surface area contributed by atoms with Gasteiger partial charge in [0.15, 0.2) is 0 Å². The molecule has 1 saturated carbocycles. The number of hydrogen-bond donors (Lipinski definition) is 3. The fourth-order valence-corrected chi connectivity index (χ4v) is 4.58. The number of carbonyl (C=O) groups is 2. The molecule has 1 aliphatic rings. The number of aryl methyl sites for hydroxylation is 1. The first-order chi connectivity index (χ1) is 16.4. The van der Waals surface area contributed by atoms with Crippen LogP contribution >= 0.6 is 0 Å². The van der Waals surface area contributed by atoms with Crippen LogP contribution in [0.15, 0.2) is 42.6 Å². The number of carbonyl (C=O) groups excluding carboxylic acids is 1. The van der Waals surface area contributed by atoms with Gasteiger partial charge in [-0.15, -0.1) is 0 Å². The Morgan fingerprint density at radius 3 is 2.50 bits per heavy atom. The van der Waals surface area contributed by atoms with E-state index in [0.29, 0.717) is 23.7 Å². The van der Waals surface area contributed by atoms with Crippen LogP contribution < -0.4 is 10.6 Å². The number of anilines is 1. The molecule has 1 aromatic carbocycles. The van der Waals surface area contributed by atoms with Gasteiger partial charge in [0, 0.05) is 23.4 Å². The first-order valence-corrected chi connectivity index (χ1v) is 12.3. The Hall–Kier alpha value is -3.35. The number of carboxylic acid groups (broad SMARTS) is 1. The van der Waals surface area contributed by atoms with Crippen molar-refractivity contribution in [3.05, 3.63) is 53.7 Å². The van der Waals surface area contributed by atoms with Crippen LogP contribution in [0.4, 0.5) is 5.82 Å². The van der Waals surface area contributed by atoms with E-state index in [1.165, 1.54) is 24.8 Å². The van der Waals surface area contributed by atoms with Crippen LogP contribution in [0.3, 0.4) is 0 Å². The molecule has 7 nitrogen and oxygen atoms in total. The highest BCUT2D eigenvalue weighted by atomic mass is 16.4. The highest BCUT2D eigenvalue weighted by Gasteiger charge is 2.26. The summed E-state index contributed by atoms with van der Waals surface area (Å²) < 4.78 is 1.99. The lowest BCUT2D eigenvalue weighted by molar-refractivity contribution is -0.140. The molecule has 0 spiro atoms. The summed E-state index contributed by atoms with van der Waals surface area (Å²) in [4.78, 5) is 29.5. The van der Waals surface area contributed by atoms with Gasteiger partial charge in [0.05, 0.1) is 0 Å². The van der Waals surface area contributed by atoms with Gasteiger partial charge in [0.1, 0.15) is 23.2 Å². The zero-order valence-electron chi connectivity index (χ0n) is 20.2. The minimum absolute atomic E-state index is 0.170. The Labute approximate surface area is 200 Å². The topological polar surface area (TPSA) is 95.7 Å². The number of pyridine rings is 1. The van der Waals surface area contributed by atoms with Crippen LogP contribution in [0.1, 0.15) is 68.3 Å². The van der Waals surface area contributed by atoms with E-state index >= 15 is 0 Å². The van der Waals surface area contributed by atoms with Crippen molar-refractivity contribution >= 4 is 23.3 Å². The monoisotopic (exact) mass is 462 g/mol. The van der Waals surface area contributed by atoms with Crippen molar-refractivity contribution in [1.29, 1.82) is 0 Å². The van der Waals surface area contributed by atoms with Crippen molar-refractivity contribution in [1.82, 2.24) is 14.7 Å². The first kappa shape index (κ1) is 23.8. The van der Waals surface area contributed by atoms with E-state index in [-0.39, 0.29) is 5.92 Å². The Kier molecular flexibility index (Phi) is 7.20. The van der Waals surface area contributed by atoms with Gasteiger partial charge in [-0.25, -0.2) is 9.78 Å². The summed E-state index contributed by atoms with van der Waals surface area (Å²) in [7, 11) is 0. The molecule has 1 aliphatic carbocycles. The van der Waals surface area contributed by atoms with Crippen molar-refractivity contribution in [2.75, 3.05) is 5.32 Å². The SMILES string of the molecule is CCC(C)C(NC(=O)c1ccn2c(NC3CCCCC3)c(-c3ccc(C)cc3)nc2c1)C(=O)O. The zero-order valence-corrected chi connectivity index (χ0v) is 20.2. The summed E-state index contributed by atoms with van der Waals surface area (Å²) in [6.45, 7) is 5.80. The van der Waals surface area contributed by atoms with Gasteiger partial charge in [0.25, 0.3) is 5.91 Å². The number of rotatable bonds is 8. The van der Waals surface area contributed by atoms with Gasteiger partial charge in [-0.05, 0) is 37.8 Å². The van der Waals surface area contributed by atoms with E-state index in [9.17, 15) is 14.7 Å². The van der Waals surface area contributed by atoms with Gasteiger partial charge < -0.3 is 15.7 Å². The van der Waals surface area contributed by atoms with E-state index in [1.54, 1.807) is 12.1 Å². The second-order valence-corrected chi connectivity index (χ2v) is 9.47. The molecule has 0 radical (unpaired) electrons. The van der Waals surface area contributed by atoms with Gasteiger partial charge in [-0.2, -0.15) is 0 Å². The van der Waals surface area contributed by atoms with Crippen molar-refractivity contribution < 1.29 is 14.7 Å². The zero-order chi connectivity index (χ0) is 24.2. The molecule has 180 valence electrons. The quantitative estimate of drug-likeness (QED) is 0.423. The highest BCUT2D eigenvalue weighted by Crippen LogP contribution is 2.32. The van der Waals surface area contributed by atoms with Crippen LogP contribution in [-0.4, -0.2) is 38.5 Å². The lowest BCUT2D eigenvalue weighted by Gasteiger charge is -2.24. The first-order valence-electron chi connectivity index (χ1n) is 12.3. The number of amides is 1. The summed E-state index contributed by atoms with van der Waals surface area (Å²) in [5.41, 5.74) is 4.10. The predicted molar refractivity (Wildman–Crippen MR) is 134 cm³/mol. The minimum Gasteiger partial charge on any atom is -0.480 e. The average molecular weight is 463 g/mol. The summed E-state index contributed by atoms with van der Waals surface area (Å²) >= 11 is 0. The van der Waals surface area contributed by atoms with Crippen molar-refractivity contribution in [3.63, 3.8) is 0 Å². The smallest absolute Gasteiger partial charge is 0.326 e. The van der Waals surface area contributed by atoms with E-state index in [0.717, 1.165) is 29.9 Å². The number of fused-ring (bicyclic) bond motifs is 1. The Morgan fingerprint density at radius 2 is 1.85 bits per heavy atom. The maximum Gasteiger partial charge on any atom is 0.326 e. The van der Waals surface area contributed by atoms with Gasteiger partial charge in [-0.1, -0.05) is 69.4 Å². The second kappa shape index (κ2) is 10.3. The summed E-state index contributed by atoms with van der Waals surface area (Å²) in [5.74, 6) is -0.668. The van der Waals surface area contributed by atoms with Crippen molar-refractivity contribution in [3.8, 4) is 11.3 Å². The highest BCUT2D eigenvalue weighted by molar-refractivity contribution is 5.97. The minimum atomic E-state index is -1.02. The lowest BCUT2D eigenvalue weighted by atomic mass is 9.95. The summed E-state index contributed by atoms with van der Waals surface area (Å²) in [6, 6.07) is 11.2. The number of aliphatic carboxylic acids is 1. The molecule has 1 fully saturated rings. The molecule has 1 amide bonds.